The van der Waals surface area contributed by atoms with Crippen LogP contribution in [-0.4, -0.2) is 11.2 Å². The van der Waals surface area contributed by atoms with Crippen molar-refractivity contribution in [1.82, 2.24) is 4.98 Å². The van der Waals surface area contributed by atoms with Crippen LogP contribution in [0.25, 0.3) is 10.9 Å². The molecule has 1 N–H and O–H groups in total. The molecule has 20 heavy (non-hydrogen) atoms. The number of nitrogens with one attached hydrogen (secondary N) is 1. The van der Waals surface area contributed by atoms with Crippen LogP contribution in [0, 0.1) is 13.8 Å². The van der Waals surface area contributed by atoms with Gasteiger partial charge in [-0.3, -0.25) is 5.43 Å². The Kier molecular flexibility index (Phi) is 3.48. The Morgan fingerprint density at radius 3 is 2.85 bits per heavy atom. The number of pyridine rings is 1. The first kappa shape index (κ1) is 12.8. The number of thiophene rings is 1. The summed E-state index contributed by atoms with van der Waals surface area (Å²) in [5, 5.41) is 7.46. The standard InChI is InChI=1S/C16H15N3S/c1-11-5-3-7-14-12(2)9-15(18-16(11)14)19-17-10-13-6-4-8-20-13/h3-10H,1-2H3,(H,18,19). The molecule has 0 unspecified atom stereocenters. The van der Waals surface area contributed by atoms with Crippen molar-refractivity contribution in [2.24, 2.45) is 5.10 Å². The third-order valence-electron chi connectivity index (χ3n) is 3.16. The first-order valence-electron chi connectivity index (χ1n) is 6.43. The fourth-order valence-electron chi connectivity index (χ4n) is 2.15. The molecule has 3 aromatic rings. The van der Waals surface area contributed by atoms with Gasteiger partial charge in [-0.05, 0) is 42.5 Å². The number of hydrazone groups is 1. The molecule has 0 aliphatic heterocycles. The van der Waals surface area contributed by atoms with E-state index in [1.54, 1.807) is 11.3 Å². The summed E-state index contributed by atoms with van der Waals surface area (Å²) in [5.41, 5.74) is 6.42. The molecular formula is C16H15N3S. The fraction of sp³-hybridized carbons (Fsp3) is 0.125. The Bertz CT molecular complexity index is 761. The van der Waals surface area contributed by atoms with Crippen LogP contribution in [-0.2, 0) is 0 Å². The third-order valence-corrected chi connectivity index (χ3v) is 3.97. The Morgan fingerprint density at radius 2 is 2.05 bits per heavy atom. The van der Waals surface area contributed by atoms with Crippen molar-refractivity contribution >= 4 is 34.3 Å². The maximum Gasteiger partial charge on any atom is 0.147 e. The lowest BCUT2D eigenvalue weighted by Crippen LogP contribution is -1.96. The van der Waals surface area contributed by atoms with Gasteiger partial charge in [0.25, 0.3) is 0 Å². The van der Waals surface area contributed by atoms with E-state index < -0.39 is 0 Å². The summed E-state index contributed by atoms with van der Waals surface area (Å²) >= 11 is 1.66. The number of anilines is 1. The van der Waals surface area contributed by atoms with E-state index in [4.69, 9.17) is 0 Å². The Labute approximate surface area is 122 Å². The summed E-state index contributed by atoms with van der Waals surface area (Å²) in [6.45, 7) is 4.17. The number of fused-ring (bicyclic) bond motifs is 1. The largest absolute Gasteiger partial charge is 0.261 e. The van der Waals surface area contributed by atoms with Crippen LogP contribution in [0.4, 0.5) is 5.82 Å². The molecule has 0 aliphatic carbocycles. The van der Waals surface area contributed by atoms with Crippen LogP contribution < -0.4 is 5.43 Å². The number of aromatic nitrogens is 1. The molecule has 0 spiro atoms. The van der Waals surface area contributed by atoms with Gasteiger partial charge in [0.15, 0.2) is 0 Å². The number of hydrogen-bond donors (Lipinski definition) is 1. The highest BCUT2D eigenvalue weighted by atomic mass is 32.1. The topological polar surface area (TPSA) is 37.3 Å². The summed E-state index contributed by atoms with van der Waals surface area (Å²) in [4.78, 5) is 5.75. The number of aryl methyl sites for hydroxylation is 2. The van der Waals surface area contributed by atoms with Crippen molar-refractivity contribution in [1.29, 1.82) is 0 Å². The van der Waals surface area contributed by atoms with Gasteiger partial charge in [0.1, 0.15) is 5.82 Å². The molecule has 2 heterocycles. The first-order chi connectivity index (χ1) is 9.74. The summed E-state index contributed by atoms with van der Waals surface area (Å²) < 4.78 is 0. The van der Waals surface area contributed by atoms with Crippen LogP contribution in [0.1, 0.15) is 16.0 Å². The summed E-state index contributed by atoms with van der Waals surface area (Å²) in [6.07, 6.45) is 1.81. The summed E-state index contributed by atoms with van der Waals surface area (Å²) in [6, 6.07) is 12.3. The third kappa shape index (κ3) is 2.56. The second-order valence-corrected chi connectivity index (χ2v) is 5.66. The minimum absolute atomic E-state index is 0.775. The van der Waals surface area contributed by atoms with Crippen molar-refractivity contribution < 1.29 is 0 Å². The highest BCUT2D eigenvalue weighted by Gasteiger charge is 2.04. The summed E-state index contributed by atoms with van der Waals surface area (Å²) in [5.74, 6) is 0.775. The van der Waals surface area contributed by atoms with Crippen molar-refractivity contribution in [3.8, 4) is 0 Å². The minimum Gasteiger partial charge on any atom is -0.261 e. The maximum absolute atomic E-state index is 4.63. The van der Waals surface area contributed by atoms with E-state index in [2.05, 4.69) is 47.6 Å². The van der Waals surface area contributed by atoms with E-state index in [1.165, 1.54) is 16.5 Å². The molecule has 3 rings (SSSR count). The van der Waals surface area contributed by atoms with Gasteiger partial charge in [-0.15, -0.1) is 11.3 Å². The van der Waals surface area contributed by atoms with Gasteiger partial charge in [-0.25, -0.2) is 4.98 Å². The number of nitrogens with zero attached hydrogens (tertiary/aromatic N) is 2. The van der Waals surface area contributed by atoms with Crippen LogP contribution in [0.3, 0.4) is 0 Å². The highest BCUT2D eigenvalue weighted by Crippen LogP contribution is 2.22. The van der Waals surface area contributed by atoms with E-state index >= 15 is 0 Å². The maximum atomic E-state index is 4.63. The molecule has 0 fully saturated rings. The zero-order valence-electron chi connectivity index (χ0n) is 11.4. The molecule has 0 bridgehead atoms. The highest BCUT2D eigenvalue weighted by molar-refractivity contribution is 7.11. The molecule has 2 aromatic heterocycles. The Hall–Kier alpha value is -2.20. The van der Waals surface area contributed by atoms with Gasteiger partial charge < -0.3 is 0 Å². The molecule has 1 aromatic carbocycles. The minimum atomic E-state index is 0.775. The van der Waals surface area contributed by atoms with Gasteiger partial charge in [-0.1, -0.05) is 24.3 Å². The van der Waals surface area contributed by atoms with E-state index in [0.29, 0.717) is 0 Å². The lowest BCUT2D eigenvalue weighted by molar-refractivity contribution is 1.24. The average Bonchev–Trinajstić information content (AvgIpc) is 2.93. The van der Waals surface area contributed by atoms with Crippen molar-refractivity contribution in [3.05, 3.63) is 57.8 Å². The van der Waals surface area contributed by atoms with E-state index in [-0.39, 0.29) is 0 Å². The molecular weight excluding hydrogens is 266 g/mol. The smallest absolute Gasteiger partial charge is 0.147 e. The lowest BCUT2D eigenvalue weighted by Gasteiger charge is -2.07. The van der Waals surface area contributed by atoms with Gasteiger partial charge in [-0.2, -0.15) is 5.10 Å². The molecule has 100 valence electrons. The van der Waals surface area contributed by atoms with Crippen LogP contribution >= 0.6 is 11.3 Å². The van der Waals surface area contributed by atoms with Gasteiger partial charge in [0, 0.05) is 10.3 Å². The van der Waals surface area contributed by atoms with Crippen molar-refractivity contribution in [3.63, 3.8) is 0 Å². The number of hydrogen-bond acceptors (Lipinski definition) is 4. The van der Waals surface area contributed by atoms with E-state index in [1.807, 2.05) is 29.8 Å². The summed E-state index contributed by atoms with van der Waals surface area (Å²) in [7, 11) is 0. The second-order valence-electron chi connectivity index (χ2n) is 4.68. The SMILES string of the molecule is Cc1cc(NN=Cc2cccs2)nc2c(C)cccc12. The lowest BCUT2D eigenvalue weighted by atomic mass is 10.1. The normalized spacial score (nSPS) is 11.3. The predicted molar refractivity (Wildman–Crippen MR) is 86.8 cm³/mol. The number of benzene rings is 1. The van der Waals surface area contributed by atoms with Crippen LogP contribution in [0.15, 0.2) is 46.9 Å². The fourth-order valence-corrected chi connectivity index (χ4v) is 2.73. The van der Waals surface area contributed by atoms with Crippen molar-refractivity contribution in [2.45, 2.75) is 13.8 Å². The van der Waals surface area contributed by atoms with Crippen LogP contribution in [0.5, 0.6) is 0 Å². The van der Waals surface area contributed by atoms with Crippen molar-refractivity contribution in [2.75, 3.05) is 5.43 Å². The number of para-hydroxylation sites is 1. The quantitative estimate of drug-likeness (QED) is 0.572. The predicted octanol–water partition coefficient (Wildman–Crippen LogP) is 4.36. The zero-order chi connectivity index (χ0) is 13.9. The number of rotatable bonds is 3. The molecule has 0 saturated heterocycles. The van der Waals surface area contributed by atoms with Gasteiger partial charge >= 0.3 is 0 Å². The molecule has 0 radical (unpaired) electrons. The average molecular weight is 281 g/mol. The van der Waals surface area contributed by atoms with Gasteiger partial charge in [0.2, 0.25) is 0 Å². The molecule has 0 amide bonds. The monoisotopic (exact) mass is 281 g/mol. The molecule has 0 atom stereocenters. The van der Waals surface area contributed by atoms with E-state index in [0.717, 1.165) is 16.2 Å². The molecule has 4 heteroatoms. The zero-order valence-corrected chi connectivity index (χ0v) is 12.2. The second kappa shape index (κ2) is 5.43. The van der Waals surface area contributed by atoms with E-state index in [9.17, 15) is 0 Å². The Balaban J connectivity index is 1.91. The molecule has 3 nitrogen and oxygen atoms in total. The molecule has 0 saturated carbocycles. The first-order valence-corrected chi connectivity index (χ1v) is 7.31. The Morgan fingerprint density at radius 1 is 1.15 bits per heavy atom. The molecule has 0 aliphatic rings. The van der Waals surface area contributed by atoms with Gasteiger partial charge in [0.05, 0.1) is 11.7 Å². The van der Waals surface area contributed by atoms with Crippen LogP contribution in [0.2, 0.25) is 0 Å².